The normalized spacial score (nSPS) is 20.8. The molecule has 1 aliphatic rings. The molecule has 1 saturated heterocycles. The van der Waals surface area contributed by atoms with Crippen LogP contribution in [0.15, 0.2) is 72.8 Å². The summed E-state index contributed by atoms with van der Waals surface area (Å²) in [6.45, 7) is 0.172. The number of nitrogens with one attached hydrogen (secondary N) is 1. The van der Waals surface area contributed by atoms with E-state index in [1.807, 2.05) is 6.07 Å². The number of benzene rings is 3. The average molecular weight is 422 g/mol. The molecular formula is C24H20F2N2O3. The molecule has 3 aromatic rings. The minimum absolute atomic E-state index is 0.163. The standard InChI is InChI=1S/C24H20F2N2O3/c25-18-9-10-19(20(26)12-18)15-5-4-6-16(11-15)22-23(30)31-24(14-28-22,13-21(27)29)17-7-2-1-3-8-17/h1-12,22,28H,13-14H2,(H2,27,29). The number of primary amides is 1. The Morgan fingerprint density at radius 1 is 1.06 bits per heavy atom. The number of cyclic esters (lactones) is 1. The summed E-state index contributed by atoms with van der Waals surface area (Å²) in [5.74, 6) is -2.53. The number of amides is 1. The van der Waals surface area contributed by atoms with Crippen molar-refractivity contribution in [2.24, 2.45) is 5.73 Å². The van der Waals surface area contributed by atoms with Crippen molar-refractivity contribution in [2.75, 3.05) is 6.54 Å². The molecule has 7 heteroatoms. The van der Waals surface area contributed by atoms with Crippen molar-refractivity contribution in [2.45, 2.75) is 18.1 Å². The predicted molar refractivity (Wildman–Crippen MR) is 111 cm³/mol. The number of hydrogen-bond acceptors (Lipinski definition) is 4. The Balaban J connectivity index is 1.63. The molecule has 1 amide bonds. The maximum Gasteiger partial charge on any atom is 0.328 e. The predicted octanol–water partition coefficient (Wildman–Crippen LogP) is 3.59. The van der Waals surface area contributed by atoms with Gasteiger partial charge in [0.1, 0.15) is 17.7 Å². The van der Waals surface area contributed by atoms with Crippen molar-refractivity contribution in [3.8, 4) is 11.1 Å². The van der Waals surface area contributed by atoms with E-state index >= 15 is 0 Å². The van der Waals surface area contributed by atoms with E-state index in [-0.39, 0.29) is 18.5 Å². The van der Waals surface area contributed by atoms with Crippen LogP contribution < -0.4 is 11.1 Å². The maximum absolute atomic E-state index is 14.2. The fourth-order valence-corrected chi connectivity index (χ4v) is 3.89. The number of halogens is 2. The van der Waals surface area contributed by atoms with Gasteiger partial charge in [-0.05, 0) is 34.9 Å². The molecule has 2 atom stereocenters. The van der Waals surface area contributed by atoms with E-state index < -0.39 is 35.2 Å². The van der Waals surface area contributed by atoms with Gasteiger partial charge in [-0.15, -0.1) is 0 Å². The van der Waals surface area contributed by atoms with E-state index in [4.69, 9.17) is 10.5 Å². The zero-order valence-electron chi connectivity index (χ0n) is 16.5. The second-order valence-electron chi connectivity index (χ2n) is 7.49. The maximum atomic E-state index is 14.2. The molecule has 0 bridgehead atoms. The van der Waals surface area contributed by atoms with E-state index in [0.717, 1.165) is 6.07 Å². The monoisotopic (exact) mass is 422 g/mol. The van der Waals surface area contributed by atoms with E-state index in [9.17, 15) is 18.4 Å². The highest BCUT2D eigenvalue weighted by atomic mass is 19.1. The molecule has 5 nitrogen and oxygen atoms in total. The molecule has 3 N–H and O–H groups in total. The molecule has 0 radical (unpaired) electrons. The van der Waals surface area contributed by atoms with Crippen LogP contribution in [0.4, 0.5) is 8.78 Å². The fraction of sp³-hybridized carbons (Fsp3) is 0.167. The lowest BCUT2D eigenvalue weighted by molar-refractivity contribution is -0.173. The first-order chi connectivity index (χ1) is 14.9. The fourth-order valence-electron chi connectivity index (χ4n) is 3.89. The lowest BCUT2D eigenvalue weighted by Crippen LogP contribution is -2.53. The number of morpholine rings is 1. The second-order valence-corrected chi connectivity index (χ2v) is 7.49. The van der Waals surface area contributed by atoms with E-state index in [0.29, 0.717) is 16.7 Å². The van der Waals surface area contributed by atoms with Crippen molar-refractivity contribution < 1.29 is 23.1 Å². The highest BCUT2D eigenvalue weighted by Gasteiger charge is 2.44. The van der Waals surface area contributed by atoms with Gasteiger partial charge < -0.3 is 10.5 Å². The second kappa shape index (κ2) is 8.28. The molecule has 31 heavy (non-hydrogen) atoms. The van der Waals surface area contributed by atoms with Gasteiger partial charge in [0.15, 0.2) is 5.60 Å². The smallest absolute Gasteiger partial charge is 0.328 e. The number of esters is 1. The Hall–Kier alpha value is -3.58. The first kappa shape index (κ1) is 20.7. The van der Waals surface area contributed by atoms with Crippen molar-refractivity contribution in [1.82, 2.24) is 5.32 Å². The average Bonchev–Trinajstić information content (AvgIpc) is 2.74. The van der Waals surface area contributed by atoms with E-state index in [2.05, 4.69) is 5.32 Å². The molecule has 1 heterocycles. The van der Waals surface area contributed by atoms with Crippen molar-refractivity contribution in [1.29, 1.82) is 0 Å². The SMILES string of the molecule is NC(=O)CC1(c2ccccc2)CNC(c2cccc(-c3ccc(F)cc3F)c2)C(=O)O1. The molecule has 0 saturated carbocycles. The molecule has 1 aliphatic heterocycles. The summed E-state index contributed by atoms with van der Waals surface area (Å²) in [5, 5.41) is 3.15. The lowest BCUT2D eigenvalue weighted by atomic mass is 9.87. The minimum Gasteiger partial charge on any atom is -0.451 e. The van der Waals surface area contributed by atoms with E-state index in [1.54, 1.807) is 48.5 Å². The van der Waals surface area contributed by atoms with Crippen LogP contribution >= 0.6 is 0 Å². The largest absolute Gasteiger partial charge is 0.451 e. The summed E-state index contributed by atoms with van der Waals surface area (Å²) in [6, 6.07) is 18.2. The zero-order chi connectivity index (χ0) is 22.0. The van der Waals surface area contributed by atoms with Crippen LogP contribution in [0.25, 0.3) is 11.1 Å². The number of nitrogens with two attached hydrogens (primary N) is 1. The van der Waals surface area contributed by atoms with Gasteiger partial charge in [-0.3, -0.25) is 10.1 Å². The molecule has 0 spiro atoms. The number of ether oxygens (including phenoxy) is 1. The van der Waals surface area contributed by atoms with E-state index in [1.165, 1.54) is 12.1 Å². The quantitative estimate of drug-likeness (QED) is 0.616. The van der Waals surface area contributed by atoms with Gasteiger partial charge in [0.25, 0.3) is 0 Å². The number of carbonyl (C=O) groups excluding carboxylic acids is 2. The van der Waals surface area contributed by atoms with Crippen molar-refractivity contribution in [3.05, 3.63) is 95.6 Å². The third-order valence-electron chi connectivity index (χ3n) is 5.35. The number of hydrogen-bond donors (Lipinski definition) is 2. The van der Waals surface area contributed by atoms with Crippen LogP contribution in [0.3, 0.4) is 0 Å². The van der Waals surface area contributed by atoms with Crippen LogP contribution in [0.1, 0.15) is 23.6 Å². The van der Waals surface area contributed by atoms with Gasteiger partial charge in [0.2, 0.25) is 5.91 Å². The van der Waals surface area contributed by atoms with Gasteiger partial charge in [0, 0.05) is 18.2 Å². The first-order valence-electron chi connectivity index (χ1n) is 9.73. The molecule has 0 aromatic heterocycles. The Morgan fingerprint density at radius 2 is 1.84 bits per heavy atom. The molecule has 2 unspecified atom stereocenters. The summed E-state index contributed by atoms with van der Waals surface area (Å²) in [4.78, 5) is 24.7. The summed E-state index contributed by atoms with van der Waals surface area (Å²) >= 11 is 0. The van der Waals surface area contributed by atoms with Crippen LogP contribution in [-0.2, 0) is 19.9 Å². The van der Waals surface area contributed by atoms with Gasteiger partial charge in [-0.1, -0.05) is 48.5 Å². The highest BCUT2D eigenvalue weighted by Crippen LogP contribution is 2.36. The zero-order valence-corrected chi connectivity index (χ0v) is 16.5. The Kier molecular flexibility index (Phi) is 5.52. The van der Waals surface area contributed by atoms with Gasteiger partial charge >= 0.3 is 5.97 Å². The summed E-state index contributed by atoms with van der Waals surface area (Å²) < 4.78 is 33.2. The van der Waals surface area contributed by atoms with Crippen LogP contribution in [0.5, 0.6) is 0 Å². The lowest BCUT2D eigenvalue weighted by Gasteiger charge is -2.40. The van der Waals surface area contributed by atoms with Crippen LogP contribution in [-0.4, -0.2) is 18.4 Å². The highest BCUT2D eigenvalue weighted by molar-refractivity contribution is 5.82. The van der Waals surface area contributed by atoms with Crippen LogP contribution in [0, 0.1) is 11.6 Å². The van der Waals surface area contributed by atoms with Crippen molar-refractivity contribution >= 4 is 11.9 Å². The van der Waals surface area contributed by atoms with Crippen LogP contribution in [0.2, 0.25) is 0 Å². The summed E-state index contributed by atoms with van der Waals surface area (Å²) in [5.41, 5.74) is 6.17. The van der Waals surface area contributed by atoms with Gasteiger partial charge in [0.05, 0.1) is 6.42 Å². The summed E-state index contributed by atoms with van der Waals surface area (Å²) in [7, 11) is 0. The van der Waals surface area contributed by atoms with Gasteiger partial charge in [-0.25, -0.2) is 13.6 Å². The molecule has 4 rings (SSSR count). The Morgan fingerprint density at radius 3 is 2.52 bits per heavy atom. The minimum atomic E-state index is -1.21. The third-order valence-corrected chi connectivity index (χ3v) is 5.35. The molecular weight excluding hydrogens is 402 g/mol. The summed E-state index contributed by atoms with van der Waals surface area (Å²) in [6.07, 6.45) is -0.163. The molecule has 158 valence electrons. The first-order valence-corrected chi connectivity index (χ1v) is 9.73. The Bertz CT molecular complexity index is 1140. The molecule has 3 aromatic carbocycles. The Labute approximate surface area is 177 Å². The third kappa shape index (κ3) is 4.18. The molecule has 1 fully saturated rings. The van der Waals surface area contributed by atoms with Gasteiger partial charge in [-0.2, -0.15) is 0 Å². The molecule has 0 aliphatic carbocycles. The number of rotatable bonds is 5. The topological polar surface area (TPSA) is 81.4 Å². The number of carbonyl (C=O) groups is 2. The van der Waals surface area contributed by atoms with Crippen molar-refractivity contribution in [3.63, 3.8) is 0 Å².